The van der Waals surface area contributed by atoms with E-state index in [4.69, 9.17) is 0 Å². The number of aromatic nitrogens is 3. The van der Waals surface area contributed by atoms with Gasteiger partial charge in [-0.05, 0) is 46.6 Å². The summed E-state index contributed by atoms with van der Waals surface area (Å²) >= 11 is 0. The summed E-state index contributed by atoms with van der Waals surface area (Å²) in [7, 11) is -7.33. The molecule has 43 heavy (non-hydrogen) atoms. The number of unbranched alkanes of at least 4 members (excludes halogenated alkanes) is 1. The van der Waals surface area contributed by atoms with Crippen molar-refractivity contribution in [2.75, 3.05) is 0 Å². The Hall–Kier alpha value is -2.46. The summed E-state index contributed by atoms with van der Waals surface area (Å²) in [5.74, 6) is 1.96. The summed E-state index contributed by atoms with van der Waals surface area (Å²) in [6.45, 7) is 1.13. The Bertz CT molecular complexity index is 1010. The molecule has 3 aromatic heterocycles. The van der Waals surface area contributed by atoms with Crippen molar-refractivity contribution >= 4 is 15.1 Å². The van der Waals surface area contributed by atoms with Gasteiger partial charge in [-0.3, -0.25) is 25.9 Å². The average molecular weight is 659 g/mol. The van der Waals surface area contributed by atoms with Crippen molar-refractivity contribution in [3.05, 3.63) is 73.4 Å². The summed E-state index contributed by atoms with van der Waals surface area (Å²) < 4.78 is 62.4. The van der Waals surface area contributed by atoms with Gasteiger partial charge in [-0.15, -0.1) is 0 Å². The zero-order valence-electron chi connectivity index (χ0n) is 24.1. The summed E-state index contributed by atoms with van der Waals surface area (Å²) in [6, 6.07) is 14.7. The minimum atomic E-state index is -3.67. The second-order valence-electron chi connectivity index (χ2n) is 9.92. The minimum Gasteiger partial charge on any atom is -1.00 e. The van der Waals surface area contributed by atoms with Crippen LogP contribution in [-0.4, -0.2) is 20.1 Å². The molecule has 2 aliphatic carbocycles. The van der Waals surface area contributed by atoms with Crippen LogP contribution in [0, 0.1) is 5.92 Å². The maximum absolute atomic E-state index is 9.67. The number of pyridine rings is 3. The van der Waals surface area contributed by atoms with Crippen LogP contribution in [0.1, 0.15) is 77.0 Å². The van der Waals surface area contributed by atoms with Crippen LogP contribution in [0.2, 0.25) is 0 Å². The topological polar surface area (TPSA) is 20.6 Å². The fourth-order valence-electron chi connectivity index (χ4n) is 4.99. The SMILES string of the molecule is C1CCCC1.FB(F)F.FB(F)F.[F-].[F-].[Fe].c1ccc(-[n+]2ccc(-c3cc[n+](CCCCC4CCCC4)cc3)cc2)nc1. The molecule has 240 valence electrons. The molecule has 0 amide bonds. The van der Waals surface area contributed by atoms with Crippen LogP contribution >= 0.6 is 0 Å². The van der Waals surface area contributed by atoms with Crippen LogP contribution in [-0.2, 0) is 23.6 Å². The van der Waals surface area contributed by atoms with E-state index in [0.29, 0.717) is 0 Å². The molecule has 14 heteroatoms. The zero-order valence-corrected chi connectivity index (χ0v) is 25.2. The summed E-state index contributed by atoms with van der Waals surface area (Å²) in [4.78, 5) is 4.38. The van der Waals surface area contributed by atoms with Crippen LogP contribution in [0.4, 0.5) is 25.9 Å². The van der Waals surface area contributed by atoms with E-state index in [1.807, 2.05) is 29.0 Å². The molecule has 0 atom stereocenters. The molecule has 2 fully saturated rings. The van der Waals surface area contributed by atoms with Gasteiger partial charge in [0.2, 0.25) is 0 Å². The van der Waals surface area contributed by atoms with Gasteiger partial charge in [0.15, 0.2) is 12.4 Å². The van der Waals surface area contributed by atoms with Gasteiger partial charge in [-0.25, -0.2) is 9.13 Å². The van der Waals surface area contributed by atoms with Gasteiger partial charge in [0.05, 0.1) is 12.4 Å². The van der Waals surface area contributed by atoms with E-state index in [1.54, 1.807) is 0 Å². The Morgan fingerprint density at radius 3 is 1.56 bits per heavy atom. The molecular formula is C29H39B2F8FeN3. The first-order valence-corrected chi connectivity index (χ1v) is 14.1. The van der Waals surface area contributed by atoms with Gasteiger partial charge in [-0.2, -0.15) is 0 Å². The number of halogens is 8. The largest absolute Gasteiger partial charge is 1.00 e. The Balaban J connectivity index is 0. The Morgan fingerprint density at radius 1 is 0.651 bits per heavy atom. The van der Waals surface area contributed by atoms with E-state index in [2.05, 4.69) is 58.6 Å². The first-order chi connectivity index (χ1) is 19.3. The van der Waals surface area contributed by atoms with Gasteiger partial charge in [0, 0.05) is 41.7 Å². The minimum absolute atomic E-state index is 0. The molecule has 0 radical (unpaired) electrons. The molecule has 0 aromatic carbocycles. The van der Waals surface area contributed by atoms with Gasteiger partial charge < -0.3 is 9.41 Å². The van der Waals surface area contributed by atoms with Crippen LogP contribution in [0.3, 0.4) is 0 Å². The molecule has 5 rings (SSSR count). The Kier molecular flexibility index (Phi) is 25.8. The van der Waals surface area contributed by atoms with Crippen molar-refractivity contribution in [2.24, 2.45) is 5.92 Å². The summed E-state index contributed by atoms with van der Waals surface area (Å²) in [5, 5.41) is 0. The number of hydrogen-bond acceptors (Lipinski definition) is 1. The second-order valence-corrected chi connectivity index (χ2v) is 9.92. The van der Waals surface area contributed by atoms with Crippen LogP contribution in [0.25, 0.3) is 16.9 Å². The number of aryl methyl sites for hydroxylation is 1. The molecule has 0 unspecified atom stereocenters. The van der Waals surface area contributed by atoms with Crippen molar-refractivity contribution in [2.45, 2.75) is 83.6 Å². The molecule has 3 aromatic rings. The maximum Gasteiger partial charge on any atom is 0.762 e. The van der Waals surface area contributed by atoms with E-state index in [1.165, 1.54) is 88.2 Å². The first-order valence-electron chi connectivity index (χ1n) is 14.1. The predicted molar refractivity (Wildman–Crippen MR) is 148 cm³/mol. The maximum atomic E-state index is 9.67. The summed E-state index contributed by atoms with van der Waals surface area (Å²) in [6.07, 6.45) is 27.8. The van der Waals surface area contributed by atoms with E-state index < -0.39 is 15.1 Å². The number of rotatable bonds is 7. The molecule has 3 heterocycles. The molecule has 0 N–H and O–H groups in total. The van der Waals surface area contributed by atoms with Gasteiger partial charge in [0.25, 0.3) is 0 Å². The molecular weight excluding hydrogens is 620 g/mol. The van der Waals surface area contributed by atoms with Crippen molar-refractivity contribution in [3.63, 3.8) is 0 Å². The monoisotopic (exact) mass is 659 g/mol. The molecule has 0 spiro atoms. The number of hydrogen-bond donors (Lipinski definition) is 0. The number of nitrogens with zero attached hydrogens (tertiary/aromatic N) is 3. The zero-order chi connectivity index (χ0) is 29.0. The quantitative estimate of drug-likeness (QED) is 0.165. The van der Waals surface area contributed by atoms with Crippen LogP contribution in [0.5, 0.6) is 0 Å². The van der Waals surface area contributed by atoms with Crippen molar-refractivity contribution in [1.82, 2.24) is 4.98 Å². The van der Waals surface area contributed by atoms with Crippen molar-refractivity contribution < 1.29 is 61.5 Å². The van der Waals surface area contributed by atoms with Crippen LogP contribution in [0.15, 0.2) is 73.4 Å². The van der Waals surface area contributed by atoms with E-state index in [0.717, 1.165) is 18.3 Å². The molecule has 0 aliphatic heterocycles. The van der Waals surface area contributed by atoms with Crippen molar-refractivity contribution in [3.8, 4) is 16.9 Å². The van der Waals surface area contributed by atoms with Gasteiger partial charge in [-0.1, -0.05) is 70.3 Å². The van der Waals surface area contributed by atoms with Gasteiger partial charge in [0.1, 0.15) is 12.7 Å². The molecule has 0 saturated heterocycles. The van der Waals surface area contributed by atoms with E-state index in [9.17, 15) is 25.9 Å². The van der Waals surface area contributed by atoms with Gasteiger partial charge >= 0.3 is 20.9 Å². The Morgan fingerprint density at radius 2 is 1.12 bits per heavy atom. The standard InChI is InChI=1S/C24H29N3.C5H10.2BF3.2FH.Fe/c1-2-8-21(7-1)9-4-6-16-26-17-11-22(12-18-26)23-13-19-27(20-14-23)24-10-3-5-15-25-24;1-2-4-5-3-1;2*2-1(3)4;;;/h3,5,10-15,17-21H,1-2,4,6-9,16H2;1-5H2;;;2*1H;/q+2;;;;;;/p-2. The molecule has 2 aliphatic rings. The summed E-state index contributed by atoms with van der Waals surface area (Å²) in [5.41, 5.74) is 2.49. The smallest absolute Gasteiger partial charge is 0.762 e. The van der Waals surface area contributed by atoms with Crippen molar-refractivity contribution in [1.29, 1.82) is 0 Å². The molecule has 0 bridgehead atoms. The third kappa shape index (κ3) is 20.2. The Labute approximate surface area is 261 Å². The van der Waals surface area contributed by atoms with E-state index in [-0.39, 0.29) is 26.5 Å². The average Bonchev–Trinajstić information content (AvgIpc) is 3.69. The predicted octanol–water partition coefficient (Wildman–Crippen LogP) is 2.39. The van der Waals surface area contributed by atoms with E-state index >= 15 is 0 Å². The molecule has 3 nitrogen and oxygen atoms in total. The second kappa shape index (κ2) is 26.0. The fraction of sp³-hybridized carbons (Fsp3) is 0.483. The third-order valence-electron chi connectivity index (χ3n) is 6.97. The molecule has 2 saturated carbocycles. The fourth-order valence-corrected chi connectivity index (χ4v) is 4.99. The van der Waals surface area contributed by atoms with Crippen LogP contribution < -0.4 is 18.5 Å². The normalized spacial score (nSPS) is 13.2. The third-order valence-corrected chi connectivity index (χ3v) is 6.97. The first kappa shape index (κ1) is 42.7.